The molecule has 0 bridgehead atoms. The molecule has 0 aliphatic heterocycles. The lowest BCUT2D eigenvalue weighted by atomic mass is 9.93. The van der Waals surface area contributed by atoms with Crippen molar-refractivity contribution in [2.45, 2.75) is 32.2 Å². The Morgan fingerprint density at radius 1 is 1.60 bits per heavy atom. The maximum atomic E-state index is 10.3. The Morgan fingerprint density at radius 2 is 2.33 bits per heavy atom. The Labute approximate surface area is 89.1 Å². The molecule has 1 saturated carbocycles. The molecule has 1 heterocycles. The first-order valence-electron chi connectivity index (χ1n) is 4.97. The lowest BCUT2D eigenvalue weighted by Crippen LogP contribution is -2.37. The zero-order valence-electron chi connectivity index (χ0n) is 8.81. The summed E-state index contributed by atoms with van der Waals surface area (Å²) in [6.45, 7) is 1.57. The average Bonchev–Trinajstić information content (AvgIpc) is 2.14. The molecule has 1 aromatic heterocycles. The molecule has 0 saturated heterocycles. The van der Waals surface area contributed by atoms with Crippen LogP contribution in [-0.4, -0.2) is 21.9 Å². The summed E-state index contributed by atoms with van der Waals surface area (Å²) in [5, 5.41) is 2.84. The molecule has 15 heavy (non-hydrogen) atoms. The monoisotopic (exact) mass is 208 g/mol. The molecular weight excluding hydrogens is 192 g/mol. The minimum atomic E-state index is 0.106. The fraction of sp³-hybridized carbons (Fsp3) is 0.500. The lowest BCUT2D eigenvalue weighted by Gasteiger charge is -2.25. The number of amides is 1. The fourth-order valence-electron chi connectivity index (χ4n) is 1.14. The Hall–Kier alpha value is -1.65. The van der Waals surface area contributed by atoms with Gasteiger partial charge in [-0.15, -0.1) is 0 Å². The van der Waals surface area contributed by atoms with Crippen molar-refractivity contribution in [2.24, 2.45) is 0 Å². The number of nitrogens with zero attached hydrogens (tertiary/aromatic N) is 2. The number of hydrogen-bond donors (Lipinski definition) is 2. The minimum Gasteiger partial charge on any atom is -0.384 e. The Bertz CT molecular complexity index is 298. The van der Waals surface area contributed by atoms with Crippen LogP contribution in [0.4, 0.5) is 5.82 Å². The number of carbonyl (C=O) groups is 1. The van der Waals surface area contributed by atoms with E-state index in [0.29, 0.717) is 11.9 Å². The Morgan fingerprint density at radius 3 is 2.53 bits per heavy atom. The summed E-state index contributed by atoms with van der Waals surface area (Å²) in [5.41, 5.74) is 5.21. The molecule has 82 valence electrons. The van der Waals surface area contributed by atoms with Crippen LogP contribution in [0.5, 0.6) is 0 Å². The van der Waals surface area contributed by atoms with E-state index in [9.17, 15) is 4.79 Å². The third kappa shape index (κ3) is 4.95. The first kappa shape index (κ1) is 11.4. The van der Waals surface area contributed by atoms with E-state index in [4.69, 9.17) is 5.73 Å². The van der Waals surface area contributed by atoms with E-state index >= 15 is 0 Å². The van der Waals surface area contributed by atoms with Crippen molar-refractivity contribution in [3.05, 3.63) is 18.6 Å². The molecule has 0 spiro atoms. The van der Waals surface area contributed by atoms with Crippen LogP contribution in [0, 0.1) is 0 Å². The maximum absolute atomic E-state index is 10.3. The predicted octanol–water partition coefficient (Wildman–Crippen LogP) is 0.734. The van der Waals surface area contributed by atoms with Gasteiger partial charge < -0.3 is 11.1 Å². The van der Waals surface area contributed by atoms with Crippen LogP contribution in [0.25, 0.3) is 0 Å². The molecule has 0 aromatic carbocycles. The molecule has 1 aromatic rings. The van der Waals surface area contributed by atoms with Crippen molar-refractivity contribution >= 4 is 11.7 Å². The fourth-order valence-corrected chi connectivity index (χ4v) is 1.14. The summed E-state index contributed by atoms with van der Waals surface area (Å²) >= 11 is 0. The number of aromatic nitrogens is 2. The third-order valence-corrected chi connectivity index (χ3v) is 2.12. The number of carbonyl (C=O) groups excluding carboxylic acids is 1. The molecule has 1 fully saturated rings. The number of anilines is 1. The highest BCUT2D eigenvalue weighted by Crippen LogP contribution is 2.17. The standard InChI is InChI=1S/C6H11NO.C4H5N3/c1-5(8)7-6-3-2-4-6;5-4-1-2-6-3-7-4/h6H,2-4H2,1H3,(H,7,8);1-3H,(H2,5,6,7). The zero-order chi connectivity index (χ0) is 11.1. The second-order valence-corrected chi connectivity index (χ2v) is 3.46. The van der Waals surface area contributed by atoms with Crippen molar-refractivity contribution in [1.82, 2.24) is 15.3 Å². The molecule has 3 N–H and O–H groups in total. The molecule has 0 unspecified atom stereocenters. The summed E-state index contributed by atoms with van der Waals surface area (Å²) in [5.74, 6) is 0.615. The van der Waals surface area contributed by atoms with Gasteiger partial charge in [-0.2, -0.15) is 0 Å². The third-order valence-electron chi connectivity index (χ3n) is 2.12. The summed E-state index contributed by atoms with van der Waals surface area (Å²) in [7, 11) is 0. The Balaban J connectivity index is 0.000000151. The van der Waals surface area contributed by atoms with E-state index in [1.807, 2.05) is 0 Å². The number of nitrogens with one attached hydrogen (secondary N) is 1. The number of rotatable bonds is 1. The maximum Gasteiger partial charge on any atom is 0.217 e. The smallest absolute Gasteiger partial charge is 0.217 e. The van der Waals surface area contributed by atoms with E-state index in [1.165, 1.54) is 25.6 Å². The van der Waals surface area contributed by atoms with E-state index in [2.05, 4.69) is 15.3 Å². The Kier molecular flexibility index (Phi) is 4.53. The molecule has 0 radical (unpaired) electrons. The summed E-state index contributed by atoms with van der Waals surface area (Å²) in [4.78, 5) is 17.6. The van der Waals surface area contributed by atoms with Gasteiger partial charge in [-0.05, 0) is 25.3 Å². The molecule has 2 rings (SSSR count). The van der Waals surface area contributed by atoms with Gasteiger partial charge in [0.05, 0.1) is 0 Å². The molecule has 1 aliphatic rings. The van der Waals surface area contributed by atoms with Gasteiger partial charge in [0.2, 0.25) is 5.91 Å². The van der Waals surface area contributed by atoms with Crippen LogP contribution in [-0.2, 0) is 4.79 Å². The first-order valence-corrected chi connectivity index (χ1v) is 4.97. The van der Waals surface area contributed by atoms with Crippen molar-refractivity contribution < 1.29 is 4.79 Å². The molecule has 1 aliphatic carbocycles. The highest BCUT2D eigenvalue weighted by molar-refractivity contribution is 5.73. The molecular formula is C10H16N4O. The van der Waals surface area contributed by atoms with Crippen LogP contribution >= 0.6 is 0 Å². The van der Waals surface area contributed by atoms with Gasteiger partial charge in [-0.1, -0.05) is 0 Å². The van der Waals surface area contributed by atoms with Gasteiger partial charge in [0.25, 0.3) is 0 Å². The second kappa shape index (κ2) is 5.95. The van der Waals surface area contributed by atoms with Gasteiger partial charge >= 0.3 is 0 Å². The minimum absolute atomic E-state index is 0.106. The first-order chi connectivity index (χ1) is 7.18. The van der Waals surface area contributed by atoms with Gasteiger partial charge in [-0.25, -0.2) is 9.97 Å². The van der Waals surface area contributed by atoms with E-state index in [-0.39, 0.29) is 5.91 Å². The lowest BCUT2D eigenvalue weighted by molar-refractivity contribution is -0.120. The normalized spacial score (nSPS) is 14.5. The van der Waals surface area contributed by atoms with Crippen LogP contribution in [0.1, 0.15) is 26.2 Å². The van der Waals surface area contributed by atoms with Gasteiger partial charge in [-0.3, -0.25) is 4.79 Å². The largest absolute Gasteiger partial charge is 0.384 e. The highest BCUT2D eigenvalue weighted by atomic mass is 16.1. The van der Waals surface area contributed by atoms with E-state index in [1.54, 1.807) is 19.2 Å². The topological polar surface area (TPSA) is 80.9 Å². The molecule has 1 amide bonds. The number of nitrogens with two attached hydrogens (primary N) is 1. The zero-order valence-corrected chi connectivity index (χ0v) is 8.81. The predicted molar refractivity (Wildman–Crippen MR) is 57.9 cm³/mol. The number of nitrogen functional groups attached to an aromatic ring is 1. The molecule has 0 atom stereocenters. The van der Waals surface area contributed by atoms with Gasteiger partial charge in [0.1, 0.15) is 12.1 Å². The number of hydrogen-bond acceptors (Lipinski definition) is 4. The summed E-state index contributed by atoms with van der Waals surface area (Å²) in [6.07, 6.45) is 6.65. The summed E-state index contributed by atoms with van der Waals surface area (Å²) in [6, 6.07) is 2.15. The van der Waals surface area contributed by atoms with Crippen LogP contribution in [0.15, 0.2) is 18.6 Å². The summed E-state index contributed by atoms with van der Waals surface area (Å²) < 4.78 is 0. The van der Waals surface area contributed by atoms with Crippen molar-refractivity contribution in [1.29, 1.82) is 0 Å². The molecule has 5 heteroatoms. The van der Waals surface area contributed by atoms with Crippen LogP contribution in [0.3, 0.4) is 0 Å². The SMILES string of the molecule is CC(=O)NC1CCC1.Nc1ccncn1. The van der Waals surface area contributed by atoms with E-state index < -0.39 is 0 Å². The van der Waals surface area contributed by atoms with Crippen molar-refractivity contribution in [3.8, 4) is 0 Å². The average molecular weight is 208 g/mol. The molecule has 5 nitrogen and oxygen atoms in total. The second-order valence-electron chi connectivity index (χ2n) is 3.46. The van der Waals surface area contributed by atoms with Crippen molar-refractivity contribution in [3.63, 3.8) is 0 Å². The van der Waals surface area contributed by atoms with E-state index in [0.717, 1.165) is 0 Å². The van der Waals surface area contributed by atoms with Crippen LogP contribution < -0.4 is 11.1 Å². The van der Waals surface area contributed by atoms with Gasteiger partial charge in [0, 0.05) is 19.2 Å². The van der Waals surface area contributed by atoms with Gasteiger partial charge in [0.15, 0.2) is 0 Å². The highest BCUT2D eigenvalue weighted by Gasteiger charge is 2.16. The van der Waals surface area contributed by atoms with Crippen molar-refractivity contribution in [2.75, 3.05) is 5.73 Å². The van der Waals surface area contributed by atoms with Crippen LogP contribution in [0.2, 0.25) is 0 Å². The quantitative estimate of drug-likeness (QED) is 0.713.